The molecule has 0 spiro atoms. The molecule has 7 nitrogen and oxygen atoms in total. The zero-order valence-electron chi connectivity index (χ0n) is 19.7. The molecule has 184 valence electrons. The molecule has 0 saturated heterocycles. The number of nitrogens with zero attached hydrogens (tertiary/aromatic N) is 2. The number of amides is 1. The summed E-state index contributed by atoms with van der Waals surface area (Å²) in [6.07, 6.45) is 1.55. The average Bonchev–Trinajstić information content (AvgIpc) is 3.53. The normalized spacial score (nSPS) is 13.1. The van der Waals surface area contributed by atoms with Gasteiger partial charge in [0.25, 0.3) is 0 Å². The minimum absolute atomic E-state index is 0.175. The van der Waals surface area contributed by atoms with E-state index in [1.165, 1.54) is 4.31 Å². The summed E-state index contributed by atoms with van der Waals surface area (Å²) in [4.78, 5) is 16.2. The number of hydrogen-bond acceptors (Lipinski definition) is 6. The minimum atomic E-state index is -3.82. The van der Waals surface area contributed by atoms with E-state index in [0.29, 0.717) is 24.6 Å². The number of carbonyl (C=O) groups is 1. The molecule has 1 aromatic heterocycles. The highest BCUT2D eigenvalue weighted by atomic mass is 32.2. The van der Waals surface area contributed by atoms with Crippen LogP contribution in [0.2, 0.25) is 0 Å². The van der Waals surface area contributed by atoms with Gasteiger partial charge in [0, 0.05) is 22.9 Å². The second kappa shape index (κ2) is 11.1. The molecular formula is C26H28N2O5S2. The van der Waals surface area contributed by atoms with E-state index >= 15 is 0 Å². The first kappa shape index (κ1) is 25.0. The topological polar surface area (TPSA) is 76.2 Å². The Kier molecular flexibility index (Phi) is 7.90. The lowest BCUT2D eigenvalue weighted by atomic mass is 10.2. The summed E-state index contributed by atoms with van der Waals surface area (Å²) < 4.78 is 38.4. The van der Waals surface area contributed by atoms with Gasteiger partial charge in [0.2, 0.25) is 22.7 Å². The van der Waals surface area contributed by atoms with Crippen molar-refractivity contribution in [1.82, 2.24) is 9.21 Å². The SMILES string of the molecule is CC(C)N(CC(=O)N(Cc1ccc2c(c1)OCO2)Cc1cccs1)S(=O)(=O)/C=C/c1ccccc1. The number of benzene rings is 2. The maximum absolute atomic E-state index is 13.5. The molecule has 0 unspecified atom stereocenters. The van der Waals surface area contributed by atoms with E-state index in [2.05, 4.69) is 0 Å². The molecule has 1 amide bonds. The Morgan fingerprint density at radius 1 is 1.03 bits per heavy atom. The van der Waals surface area contributed by atoms with Crippen molar-refractivity contribution in [3.63, 3.8) is 0 Å². The number of rotatable bonds is 10. The Labute approximate surface area is 210 Å². The highest BCUT2D eigenvalue weighted by Gasteiger charge is 2.28. The summed E-state index contributed by atoms with van der Waals surface area (Å²) in [5.74, 6) is 1.04. The van der Waals surface area contributed by atoms with E-state index in [9.17, 15) is 13.2 Å². The molecule has 0 fully saturated rings. The minimum Gasteiger partial charge on any atom is -0.454 e. The summed E-state index contributed by atoms with van der Waals surface area (Å²) in [6.45, 7) is 4.16. The van der Waals surface area contributed by atoms with Crippen LogP contribution < -0.4 is 9.47 Å². The third-order valence-electron chi connectivity index (χ3n) is 5.52. The molecule has 2 heterocycles. The summed E-state index contributed by atoms with van der Waals surface area (Å²) in [5, 5.41) is 3.12. The fourth-order valence-electron chi connectivity index (χ4n) is 3.69. The number of sulfonamides is 1. The van der Waals surface area contributed by atoms with Crippen molar-refractivity contribution in [2.45, 2.75) is 33.0 Å². The number of carbonyl (C=O) groups excluding carboxylic acids is 1. The van der Waals surface area contributed by atoms with Crippen LogP contribution in [0.5, 0.6) is 11.5 Å². The molecule has 0 saturated carbocycles. The summed E-state index contributed by atoms with van der Waals surface area (Å²) in [5.41, 5.74) is 1.65. The van der Waals surface area contributed by atoms with Gasteiger partial charge in [0.15, 0.2) is 11.5 Å². The Balaban J connectivity index is 1.54. The van der Waals surface area contributed by atoms with Crippen molar-refractivity contribution >= 4 is 33.3 Å². The third-order valence-corrected chi connectivity index (χ3v) is 8.06. The molecule has 0 radical (unpaired) electrons. The molecule has 9 heteroatoms. The number of hydrogen-bond donors (Lipinski definition) is 0. The van der Waals surface area contributed by atoms with Crippen LogP contribution in [-0.2, 0) is 27.9 Å². The van der Waals surface area contributed by atoms with E-state index in [1.54, 1.807) is 36.2 Å². The van der Waals surface area contributed by atoms with Gasteiger partial charge in [-0.15, -0.1) is 11.3 Å². The van der Waals surface area contributed by atoms with E-state index < -0.39 is 16.1 Å². The molecule has 0 atom stereocenters. The van der Waals surface area contributed by atoms with Gasteiger partial charge in [-0.1, -0.05) is 42.5 Å². The van der Waals surface area contributed by atoms with Gasteiger partial charge < -0.3 is 14.4 Å². The molecule has 0 aliphatic carbocycles. The predicted octanol–water partition coefficient (Wildman–Crippen LogP) is 4.72. The molecule has 2 aromatic carbocycles. The molecule has 1 aliphatic heterocycles. The maximum atomic E-state index is 13.5. The number of ether oxygens (including phenoxy) is 2. The van der Waals surface area contributed by atoms with Crippen LogP contribution in [0.1, 0.15) is 29.9 Å². The fourth-order valence-corrected chi connectivity index (χ4v) is 5.77. The van der Waals surface area contributed by atoms with E-state index in [-0.39, 0.29) is 19.2 Å². The van der Waals surface area contributed by atoms with Gasteiger partial charge in [0.1, 0.15) is 0 Å². The second-order valence-electron chi connectivity index (χ2n) is 8.41. The van der Waals surface area contributed by atoms with Gasteiger partial charge in [-0.25, -0.2) is 8.42 Å². The Morgan fingerprint density at radius 3 is 2.51 bits per heavy atom. The van der Waals surface area contributed by atoms with E-state index in [4.69, 9.17) is 9.47 Å². The standard InChI is InChI=1S/C26H28N2O5S2/c1-20(2)28(35(30,31)14-12-21-7-4-3-5-8-21)18-26(29)27(17-23-9-6-13-34-23)16-22-10-11-24-25(15-22)33-19-32-24/h3-15,20H,16-19H2,1-2H3/b14-12+. The highest BCUT2D eigenvalue weighted by molar-refractivity contribution is 7.92. The van der Waals surface area contributed by atoms with Crippen molar-refractivity contribution in [3.05, 3.63) is 87.5 Å². The van der Waals surface area contributed by atoms with Crippen LogP contribution in [0, 0.1) is 0 Å². The fraction of sp³-hybridized carbons (Fsp3) is 0.269. The van der Waals surface area contributed by atoms with Crippen LogP contribution >= 0.6 is 11.3 Å². The average molecular weight is 513 g/mol. The van der Waals surface area contributed by atoms with Gasteiger partial charge in [-0.2, -0.15) is 4.31 Å². The highest BCUT2D eigenvalue weighted by Crippen LogP contribution is 2.33. The van der Waals surface area contributed by atoms with Crippen LogP contribution in [0.3, 0.4) is 0 Å². The molecule has 35 heavy (non-hydrogen) atoms. The summed E-state index contributed by atoms with van der Waals surface area (Å²) >= 11 is 1.55. The van der Waals surface area contributed by atoms with Crippen molar-refractivity contribution in [3.8, 4) is 11.5 Å². The van der Waals surface area contributed by atoms with Crippen LogP contribution in [0.4, 0.5) is 0 Å². The molecule has 1 aliphatic rings. The van der Waals surface area contributed by atoms with Gasteiger partial charge in [-0.05, 0) is 54.6 Å². The van der Waals surface area contributed by atoms with Gasteiger partial charge >= 0.3 is 0 Å². The second-order valence-corrected chi connectivity index (χ2v) is 11.2. The van der Waals surface area contributed by atoms with Crippen molar-refractivity contribution in [2.75, 3.05) is 13.3 Å². The largest absolute Gasteiger partial charge is 0.454 e. The zero-order chi connectivity index (χ0) is 24.8. The molecule has 3 aromatic rings. The first-order valence-corrected chi connectivity index (χ1v) is 13.6. The first-order chi connectivity index (χ1) is 16.8. The predicted molar refractivity (Wildman–Crippen MR) is 137 cm³/mol. The number of thiophene rings is 1. The van der Waals surface area contributed by atoms with Crippen molar-refractivity contribution in [2.24, 2.45) is 0 Å². The van der Waals surface area contributed by atoms with E-state index in [1.807, 2.05) is 66.0 Å². The van der Waals surface area contributed by atoms with Gasteiger partial charge in [-0.3, -0.25) is 4.79 Å². The summed E-state index contributed by atoms with van der Waals surface area (Å²) in [7, 11) is -3.82. The quantitative estimate of drug-likeness (QED) is 0.393. The smallest absolute Gasteiger partial charge is 0.238 e. The molecule has 0 bridgehead atoms. The lowest BCUT2D eigenvalue weighted by molar-refractivity contribution is -0.132. The van der Waals surface area contributed by atoms with Crippen molar-refractivity contribution in [1.29, 1.82) is 0 Å². The lowest BCUT2D eigenvalue weighted by Gasteiger charge is -2.28. The Bertz CT molecular complexity index is 1270. The molecule has 4 rings (SSSR count). The maximum Gasteiger partial charge on any atom is 0.238 e. The van der Waals surface area contributed by atoms with Crippen LogP contribution in [0.25, 0.3) is 6.08 Å². The van der Waals surface area contributed by atoms with Crippen LogP contribution in [0.15, 0.2) is 71.5 Å². The lowest BCUT2D eigenvalue weighted by Crippen LogP contribution is -2.44. The monoisotopic (exact) mass is 512 g/mol. The first-order valence-electron chi connectivity index (χ1n) is 11.3. The van der Waals surface area contributed by atoms with Gasteiger partial charge in [0.05, 0.1) is 13.1 Å². The molecular weight excluding hydrogens is 484 g/mol. The Hall–Kier alpha value is -3.14. The van der Waals surface area contributed by atoms with Crippen LogP contribution in [-0.4, -0.2) is 42.9 Å². The third kappa shape index (κ3) is 6.50. The zero-order valence-corrected chi connectivity index (χ0v) is 21.3. The molecule has 0 N–H and O–H groups in total. The number of fused-ring (bicyclic) bond motifs is 1. The van der Waals surface area contributed by atoms with Crippen molar-refractivity contribution < 1.29 is 22.7 Å². The van der Waals surface area contributed by atoms with E-state index in [0.717, 1.165) is 21.4 Å². The Morgan fingerprint density at radius 2 is 1.80 bits per heavy atom. The summed E-state index contributed by atoms with van der Waals surface area (Å²) in [6, 6.07) is 18.3.